The second-order valence-electron chi connectivity index (χ2n) is 7.46. The van der Waals surface area contributed by atoms with Crippen LogP contribution in [0.15, 0.2) is 30.3 Å². The van der Waals surface area contributed by atoms with Gasteiger partial charge in [0.2, 0.25) is 0 Å². The van der Waals surface area contributed by atoms with Crippen molar-refractivity contribution < 1.29 is 14.7 Å². The molecule has 0 aliphatic rings. The molecule has 0 aliphatic heterocycles. The molecule has 3 aromatic rings. The molecule has 1 aromatic carbocycles. The van der Waals surface area contributed by atoms with E-state index in [1.54, 1.807) is 23.5 Å². The highest BCUT2D eigenvalue weighted by Crippen LogP contribution is 2.29. The van der Waals surface area contributed by atoms with Crippen LogP contribution in [-0.2, 0) is 17.8 Å². The number of hydrogen-bond acceptors (Lipinski definition) is 6. The number of nitrogens with zero attached hydrogens (tertiary/aromatic N) is 2. The Morgan fingerprint density at radius 1 is 1.16 bits per heavy atom. The minimum atomic E-state index is -1.01. The van der Waals surface area contributed by atoms with Crippen LogP contribution in [0.1, 0.15) is 59.7 Å². The highest BCUT2D eigenvalue weighted by Gasteiger charge is 2.20. The zero-order valence-corrected chi connectivity index (χ0v) is 18.9. The molecule has 7 nitrogen and oxygen atoms in total. The number of fused-ring (bicyclic) bond motifs is 1. The zero-order valence-electron chi connectivity index (χ0n) is 18.1. The van der Waals surface area contributed by atoms with E-state index in [0.717, 1.165) is 46.7 Å². The molecule has 1 amide bonds. The number of carbonyl (C=O) groups excluding carboxylic acids is 1. The topological polar surface area (TPSA) is 104 Å². The van der Waals surface area contributed by atoms with Gasteiger partial charge < -0.3 is 15.7 Å². The number of carboxylic acids is 1. The van der Waals surface area contributed by atoms with Crippen LogP contribution in [0, 0.1) is 6.92 Å². The van der Waals surface area contributed by atoms with Gasteiger partial charge in [-0.25, -0.2) is 14.8 Å². The van der Waals surface area contributed by atoms with E-state index in [1.807, 2.05) is 26.0 Å². The Morgan fingerprint density at radius 2 is 1.90 bits per heavy atom. The Balaban J connectivity index is 1.66. The highest BCUT2D eigenvalue weighted by atomic mass is 32.1. The molecule has 0 saturated carbocycles. The lowest BCUT2D eigenvalue weighted by Gasteiger charge is -2.14. The molecule has 0 fully saturated rings. The van der Waals surface area contributed by atoms with Crippen molar-refractivity contribution in [3.63, 3.8) is 0 Å². The average molecular weight is 441 g/mol. The molecule has 0 saturated heterocycles. The second kappa shape index (κ2) is 10.3. The Hall–Kier alpha value is -3.00. The van der Waals surface area contributed by atoms with Crippen molar-refractivity contribution in [3.05, 3.63) is 52.2 Å². The number of rotatable bonds is 10. The lowest BCUT2D eigenvalue weighted by atomic mass is 10.1. The first kappa shape index (κ1) is 22.7. The number of aryl methyl sites for hydroxylation is 2. The molecule has 0 bridgehead atoms. The quantitative estimate of drug-likeness (QED) is 0.427. The van der Waals surface area contributed by atoms with Crippen molar-refractivity contribution in [1.29, 1.82) is 0 Å². The Labute approximate surface area is 185 Å². The summed E-state index contributed by atoms with van der Waals surface area (Å²) in [7, 11) is 0. The fraction of sp³-hybridized carbons (Fsp3) is 0.391. The van der Waals surface area contributed by atoms with Gasteiger partial charge in [-0.15, -0.1) is 11.3 Å². The number of benzene rings is 1. The summed E-state index contributed by atoms with van der Waals surface area (Å²) >= 11 is 1.69. The molecule has 1 atom stereocenters. The van der Waals surface area contributed by atoms with E-state index in [-0.39, 0.29) is 5.91 Å². The molecule has 31 heavy (non-hydrogen) atoms. The van der Waals surface area contributed by atoms with Crippen LogP contribution in [0.4, 0.5) is 5.82 Å². The molecule has 1 unspecified atom stereocenters. The molecule has 2 heterocycles. The number of thiophene rings is 1. The highest BCUT2D eigenvalue weighted by molar-refractivity contribution is 7.18. The number of aliphatic carboxylic acids is 1. The van der Waals surface area contributed by atoms with Crippen LogP contribution in [0.5, 0.6) is 0 Å². The average Bonchev–Trinajstić information content (AvgIpc) is 3.18. The lowest BCUT2D eigenvalue weighted by molar-refractivity contribution is -0.139. The summed E-state index contributed by atoms with van der Waals surface area (Å²) in [5.74, 6) is 0.151. The third kappa shape index (κ3) is 5.79. The molecule has 0 spiro atoms. The first-order valence-electron chi connectivity index (χ1n) is 10.5. The Bertz CT molecular complexity index is 1060. The van der Waals surface area contributed by atoms with Gasteiger partial charge >= 0.3 is 5.97 Å². The minimum absolute atomic E-state index is 0.374. The van der Waals surface area contributed by atoms with Gasteiger partial charge in [0.25, 0.3) is 5.91 Å². The van der Waals surface area contributed by atoms with Crippen LogP contribution in [0.2, 0.25) is 0 Å². The van der Waals surface area contributed by atoms with Crippen LogP contribution in [0.25, 0.3) is 10.2 Å². The van der Waals surface area contributed by atoms with Crippen molar-refractivity contribution in [3.8, 4) is 0 Å². The predicted molar refractivity (Wildman–Crippen MR) is 124 cm³/mol. The minimum Gasteiger partial charge on any atom is -0.480 e. The molecule has 0 radical (unpaired) electrons. The molecule has 2 aromatic heterocycles. The number of anilines is 1. The first-order chi connectivity index (χ1) is 14.9. The number of carbonyl (C=O) groups is 2. The van der Waals surface area contributed by atoms with E-state index < -0.39 is 12.0 Å². The van der Waals surface area contributed by atoms with Gasteiger partial charge in [-0.2, -0.15) is 0 Å². The van der Waals surface area contributed by atoms with E-state index in [1.165, 1.54) is 4.88 Å². The summed E-state index contributed by atoms with van der Waals surface area (Å²) in [6.45, 7) is 6.55. The third-order valence-corrected chi connectivity index (χ3v) is 6.20. The van der Waals surface area contributed by atoms with Crippen LogP contribution in [-0.4, -0.2) is 33.0 Å². The summed E-state index contributed by atoms with van der Waals surface area (Å²) in [6.07, 6.45) is 3.02. The molecular weight excluding hydrogens is 412 g/mol. The molecule has 0 aliphatic carbocycles. The summed E-state index contributed by atoms with van der Waals surface area (Å²) < 4.78 is 0. The number of carboxylic acid groups (broad SMARTS) is 1. The van der Waals surface area contributed by atoms with Gasteiger partial charge in [0, 0.05) is 17.0 Å². The third-order valence-electron chi connectivity index (χ3n) is 5.03. The second-order valence-corrected chi connectivity index (χ2v) is 8.58. The van der Waals surface area contributed by atoms with Crippen LogP contribution < -0.4 is 10.6 Å². The largest absolute Gasteiger partial charge is 0.480 e. The van der Waals surface area contributed by atoms with Gasteiger partial charge in [0.05, 0.1) is 5.39 Å². The normalized spacial score (nSPS) is 12.0. The van der Waals surface area contributed by atoms with Gasteiger partial charge in [0.15, 0.2) is 0 Å². The maximum absolute atomic E-state index is 12.4. The van der Waals surface area contributed by atoms with Gasteiger partial charge in [-0.3, -0.25) is 4.79 Å². The maximum Gasteiger partial charge on any atom is 0.326 e. The number of hydrogen-bond donors (Lipinski definition) is 3. The van der Waals surface area contributed by atoms with E-state index in [4.69, 9.17) is 0 Å². The van der Waals surface area contributed by atoms with Crippen molar-refractivity contribution >= 4 is 39.2 Å². The monoisotopic (exact) mass is 440 g/mol. The smallest absolute Gasteiger partial charge is 0.326 e. The summed E-state index contributed by atoms with van der Waals surface area (Å²) in [5.41, 5.74) is 1.44. The number of unbranched alkanes of at least 4 members (excludes halogenated alkanes) is 1. The van der Waals surface area contributed by atoms with Crippen molar-refractivity contribution in [2.75, 3.05) is 5.32 Å². The molecular formula is C23H28N4O3S. The maximum atomic E-state index is 12.4. The van der Waals surface area contributed by atoms with Crippen molar-refractivity contribution in [1.82, 2.24) is 15.3 Å². The van der Waals surface area contributed by atoms with Gasteiger partial charge in [-0.1, -0.05) is 38.8 Å². The Morgan fingerprint density at radius 3 is 2.55 bits per heavy atom. The van der Waals surface area contributed by atoms with Crippen molar-refractivity contribution in [2.45, 2.75) is 59.0 Å². The summed E-state index contributed by atoms with van der Waals surface area (Å²) in [5, 5.41) is 16.3. The van der Waals surface area contributed by atoms with E-state index in [0.29, 0.717) is 18.5 Å². The number of amides is 1. The van der Waals surface area contributed by atoms with Crippen LogP contribution in [0.3, 0.4) is 0 Å². The standard InChI is InChI=1S/C23H28N4O3S/c1-4-6-7-19(23(29)30)27-21(28)16-10-8-15(9-11-16)13-24-20-18-12-17(5-2)31-22(18)26-14(3)25-20/h8-12,19H,4-7,13H2,1-3H3,(H,27,28)(H,29,30)(H,24,25,26). The van der Waals surface area contributed by atoms with Crippen LogP contribution >= 0.6 is 11.3 Å². The van der Waals surface area contributed by atoms with Gasteiger partial charge in [-0.05, 0) is 43.5 Å². The zero-order chi connectivity index (χ0) is 22.4. The van der Waals surface area contributed by atoms with E-state index >= 15 is 0 Å². The van der Waals surface area contributed by atoms with Crippen molar-refractivity contribution in [2.24, 2.45) is 0 Å². The molecule has 164 valence electrons. The first-order valence-corrected chi connectivity index (χ1v) is 11.4. The number of nitrogens with one attached hydrogen (secondary N) is 2. The molecule has 3 N–H and O–H groups in total. The fourth-order valence-corrected chi connectivity index (χ4v) is 4.27. The summed E-state index contributed by atoms with van der Waals surface area (Å²) in [4.78, 5) is 35.1. The molecule has 3 rings (SSSR count). The lowest BCUT2D eigenvalue weighted by Crippen LogP contribution is -2.40. The fourth-order valence-electron chi connectivity index (χ4n) is 3.25. The van der Waals surface area contributed by atoms with E-state index in [9.17, 15) is 14.7 Å². The summed E-state index contributed by atoms with van der Waals surface area (Å²) in [6, 6.07) is 8.42. The van der Waals surface area contributed by atoms with E-state index in [2.05, 4.69) is 33.6 Å². The predicted octanol–water partition coefficient (Wildman–Crippen LogP) is 4.55. The number of aromatic nitrogens is 2. The van der Waals surface area contributed by atoms with Gasteiger partial charge in [0.1, 0.15) is 22.5 Å². The molecule has 8 heteroatoms. The SMILES string of the molecule is CCCCC(NC(=O)c1ccc(CNc2nc(C)nc3sc(CC)cc23)cc1)C(=O)O. The Kier molecular flexibility index (Phi) is 7.57.